The number of hydrogen-bond acceptors (Lipinski definition) is 4. The van der Waals surface area contributed by atoms with Gasteiger partial charge in [-0.15, -0.1) is 24.0 Å². The van der Waals surface area contributed by atoms with Gasteiger partial charge in [0, 0.05) is 32.7 Å². The minimum atomic E-state index is -0.545. The van der Waals surface area contributed by atoms with Crippen LogP contribution in [0.5, 0.6) is 0 Å². The summed E-state index contributed by atoms with van der Waals surface area (Å²) in [6, 6.07) is 7.57. The number of benzene rings is 1. The van der Waals surface area contributed by atoms with E-state index in [1.807, 2.05) is 58.9 Å². The zero-order valence-electron chi connectivity index (χ0n) is 18.3. The predicted molar refractivity (Wildman–Crippen MR) is 128 cm³/mol. The van der Waals surface area contributed by atoms with Gasteiger partial charge in [-0.1, -0.05) is 12.1 Å². The van der Waals surface area contributed by atoms with Gasteiger partial charge in [0.05, 0.1) is 5.54 Å². The van der Waals surface area contributed by atoms with Crippen LogP contribution in [-0.2, 0) is 16.1 Å². The minimum Gasteiger partial charge on any atom is -0.444 e. The van der Waals surface area contributed by atoms with Crippen molar-refractivity contribution in [1.29, 1.82) is 0 Å². The molecule has 0 bridgehead atoms. The van der Waals surface area contributed by atoms with Crippen molar-refractivity contribution in [3.8, 4) is 0 Å². The van der Waals surface area contributed by atoms with Crippen LogP contribution in [0.2, 0.25) is 0 Å². The molecule has 1 aromatic carbocycles. The molecule has 0 saturated carbocycles. The molecule has 2 amide bonds. The SMILES string of the molecule is CN=C(NCc1cccc(NC(C)=O)c1)NCC(C)(C)NC(=O)OC(C)(C)C.I. The summed E-state index contributed by atoms with van der Waals surface area (Å²) >= 11 is 0. The second-order valence-corrected chi connectivity index (χ2v) is 8.17. The number of nitrogens with one attached hydrogen (secondary N) is 4. The number of carbonyl (C=O) groups excluding carboxylic acids is 2. The third-order valence-corrected chi connectivity index (χ3v) is 3.47. The van der Waals surface area contributed by atoms with E-state index in [9.17, 15) is 9.59 Å². The van der Waals surface area contributed by atoms with Crippen molar-refractivity contribution in [2.45, 2.75) is 59.2 Å². The van der Waals surface area contributed by atoms with E-state index in [1.54, 1.807) is 7.05 Å². The van der Waals surface area contributed by atoms with E-state index in [-0.39, 0.29) is 29.9 Å². The summed E-state index contributed by atoms with van der Waals surface area (Å²) in [5, 5.41) is 12.0. The topological polar surface area (TPSA) is 104 Å². The molecule has 0 fully saturated rings. The first-order chi connectivity index (χ1) is 12.9. The highest BCUT2D eigenvalue weighted by molar-refractivity contribution is 14.0. The van der Waals surface area contributed by atoms with Crippen LogP contribution in [0.1, 0.15) is 47.1 Å². The zero-order chi connectivity index (χ0) is 21.4. The summed E-state index contributed by atoms with van der Waals surface area (Å²) < 4.78 is 5.30. The highest BCUT2D eigenvalue weighted by Crippen LogP contribution is 2.11. The molecule has 4 N–H and O–H groups in total. The van der Waals surface area contributed by atoms with Gasteiger partial charge in [-0.05, 0) is 52.3 Å². The van der Waals surface area contributed by atoms with E-state index in [1.165, 1.54) is 6.92 Å². The summed E-state index contributed by atoms with van der Waals surface area (Å²) in [7, 11) is 1.68. The highest BCUT2D eigenvalue weighted by Gasteiger charge is 2.24. The van der Waals surface area contributed by atoms with Crippen molar-refractivity contribution in [1.82, 2.24) is 16.0 Å². The molecular weight excluding hydrogens is 485 g/mol. The van der Waals surface area contributed by atoms with Crippen LogP contribution in [0.4, 0.5) is 10.5 Å². The molecule has 0 saturated heterocycles. The summed E-state index contributed by atoms with van der Waals surface area (Å²) in [6.45, 7) is 11.7. The molecule has 0 aliphatic rings. The van der Waals surface area contributed by atoms with Crippen molar-refractivity contribution < 1.29 is 14.3 Å². The third kappa shape index (κ3) is 12.2. The fourth-order valence-corrected chi connectivity index (χ4v) is 2.30. The van der Waals surface area contributed by atoms with Crippen molar-refractivity contribution in [2.75, 3.05) is 18.9 Å². The number of ether oxygens (including phenoxy) is 1. The molecule has 0 aliphatic carbocycles. The van der Waals surface area contributed by atoms with Gasteiger partial charge in [0.15, 0.2) is 5.96 Å². The molecule has 164 valence electrons. The van der Waals surface area contributed by atoms with Crippen LogP contribution in [0.25, 0.3) is 0 Å². The second-order valence-electron chi connectivity index (χ2n) is 8.17. The van der Waals surface area contributed by atoms with E-state index >= 15 is 0 Å². The molecule has 0 aliphatic heterocycles. The highest BCUT2D eigenvalue weighted by atomic mass is 127. The maximum Gasteiger partial charge on any atom is 0.408 e. The monoisotopic (exact) mass is 519 g/mol. The number of carbonyl (C=O) groups is 2. The van der Waals surface area contributed by atoms with Crippen molar-refractivity contribution in [3.63, 3.8) is 0 Å². The summed E-state index contributed by atoms with van der Waals surface area (Å²) in [5.41, 5.74) is 0.667. The van der Waals surface area contributed by atoms with Gasteiger partial charge in [0.1, 0.15) is 5.60 Å². The Kier molecular flexibility index (Phi) is 11.0. The lowest BCUT2D eigenvalue weighted by Crippen LogP contribution is -2.54. The molecule has 1 aromatic rings. The Labute approximate surface area is 190 Å². The lowest BCUT2D eigenvalue weighted by Gasteiger charge is -2.29. The Morgan fingerprint density at radius 3 is 2.31 bits per heavy atom. The molecule has 0 heterocycles. The molecule has 1 rings (SSSR count). The number of anilines is 1. The van der Waals surface area contributed by atoms with Crippen LogP contribution in [0, 0.1) is 0 Å². The normalized spacial score (nSPS) is 11.8. The van der Waals surface area contributed by atoms with Crippen LogP contribution in [-0.4, -0.2) is 42.7 Å². The van der Waals surface area contributed by atoms with Gasteiger partial charge in [0.2, 0.25) is 5.91 Å². The maximum atomic E-state index is 12.0. The summed E-state index contributed by atoms with van der Waals surface area (Å²) in [4.78, 5) is 27.3. The van der Waals surface area contributed by atoms with E-state index in [4.69, 9.17) is 4.74 Å². The Hall–Kier alpha value is -2.04. The van der Waals surface area contributed by atoms with Gasteiger partial charge in [-0.3, -0.25) is 9.79 Å². The number of guanidine groups is 1. The fourth-order valence-electron chi connectivity index (χ4n) is 2.30. The van der Waals surface area contributed by atoms with Crippen molar-refractivity contribution in [2.24, 2.45) is 4.99 Å². The Bertz CT molecular complexity index is 714. The number of aliphatic imine (C=N–C) groups is 1. The van der Waals surface area contributed by atoms with Gasteiger partial charge in [-0.2, -0.15) is 0 Å². The molecule has 0 aromatic heterocycles. The van der Waals surface area contributed by atoms with E-state index < -0.39 is 17.2 Å². The molecule has 0 atom stereocenters. The number of nitrogens with zero attached hydrogens (tertiary/aromatic N) is 1. The standard InChI is InChI=1S/C20H33N5O3.HI/c1-14(26)24-16-10-8-9-15(11-16)12-22-17(21-7)23-13-20(5,6)25-18(27)28-19(2,3)4;/h8-11H,12-13H2,1-7H3,(H,24,26)(H,25,27)(H2,21,22,23);1H. The molecule has 8 nitrogen and oxygen atoms in total. The van der Waals surface area contributed by atoms with Crippen LogP contribution < -0.4 is 21.3 Å². The first kappa shape index (κ1) is 27.0. The number of amides is 2. The first-order valence-electron chi connectivity index (χ1n) is 9.22. The minimum absolute atomic E-state index is 0. The first-order valence-corrected chi connectivity index (χ1v) is 9.22. The van der Waals surface area contributed by atoms with Gasteiger partial charge < -0.3 is 26.0 Å². The molecule has 0 spiro atoms. The van der Waals surface area contributed by atoms with Crippen molar-refractivity contribution in [3.05, 3.63) is 29.8 Å². The molecular formula is C20H34IN5O3. The quantitative estimate of drug-likeness (QED) is 0.263. The van der Waals surface area contributed by atoms with E-state index in [0.29, 0.717) is 19.0 Å². The average Bonchev–Trinajstić information content (AvgIpc) is 2.52. The number of hydrogen-bond donors (Lipinski definition) is 4. The zero-order valence-corrected chi connectivity index (χ0v) is 20.6. The Morgan fingerprint density at radius 2 is 1.76 bits per heavy atom. The molecule has 0 unspecified atom stereocenters. The van der Waals surface area contributed by atoms with E-state index in [2.05, 4.69) is 26.3 Å². The average molecular weight is 519 g/mol. The molecule has 29 heavy (non-hydrogen) atoms. The number of alkyl carbamates (subject to hydrolysis) is 1. The van der Waals surface area contributed by atoms with Crippen molar-refractivity contribution >= 4 is 47.6 Å². The fraction of sp³-hybridized carbons (Fsp3) is 0.550. The molecule has 0 radical (unpaired) electrons. The van der Waals surface area contributed by atoms with Crippen LogP contribution in [0.3, 0.4) is 0 Å². The largest absolute Gasteiger partial charge is 0.444 e. The number of rotatable bonds is 6. The smallest absolute Gasteiger partial charge is 0.408 e. The van der Waals surface area contributed by atoms with Gasteiger partial charge >= 0.3 is 6.09 Å². The van der Waals surface area contributed by atoms with Crippen LogP contribution >= 0.6 is 24.0 Å². The summed E-state index contributed by atoms with van der Waals surface area (Å²) in [5.74, 6) is 0.492. The number of halogens is 1. The lowest BCUT2D eigenvalue weighted by molar-refractivity contribution is -0.114. The second kappa shape index (κ2) is 11.8. The Balaban J connectivity index is 0.00000784. The van der Waals surface area contributed by atoms with Gasteiger partial charge in [0.25, 0.3) is 0 Å². The van der Waals surface area contributed by atoms with E-state index in [0.717, 1.165) is 11.3 Å². The predicted octanol–water partition coefficient (Wildman–Crippen LogP) is 3.23. The maximum absolute atomic E-state index is 12.0. The third-order valence-electron chi connectivity index (χ3n) is 3.47. The lowest BCUT2D eigenvalue weighted by atomic mass is 10.1. The van der Waals surface area contributed by atoms with Gasteiger partial charge in [-0.25, -0.2) is 4.79 Å². The Morgan fingerprint density at radius 1 is 1.10 bits per heavy atom. The van der Waals surface area contributed by atoms with Crippen LogP contribution in [0.15, 0.2) is 29.3 Å². The summed E-state index contributed by atoms with van der Waals surface area (Å²) in [6.07, 6.45) is -0.461. The molecule has 9 heteroatoms.